The zero-order valence-corrected chi connectivity index (χ0v) is 23.9. The zero-order chi connectivity index (χ0) is 26.8. The fourth-order valence-electron chi connectivity index (χ4n) is 3.98. The SMILES string of the molecule is CCCCCCCc1nc([C@H](CCC(=O)OC(C)(C)C)NC(=O)c2ccc(O)c(C3SCCS3)c2)no1. The Bertz CT molecular complexity index is 1030. The second-order valence-corrected chi connectivity index (χ2v) is 12.9. The molecule has 1 fully saturated rings. The Labute approximate surface area is 228 Å². The number of phenols is 1. The number of aromatic nitrogens is 2. The minimum Gasteiger partial charge on any atom is -0.508 e. The number of hydrogen-bond donors (Lipinski definition) is 2. The maximum Gasteiger partial charge on any atom is 0.306 e. The Kier molecular flexibility index (Phi) is 11.2. The van der Waals surface area contributed by atoms with Crippen LogP contribution in [0.4, 0.5) is 0 Å². The third kappa shape index (κ3) is 9.56. The Hall–Kier alpha value is -2.20. The number of hydrogen-bond acceptors (Lipinski definition) is 9. The highest BCUT2D eigenvalue weighted by molar-refractivity contribution is 8.19. The summed E-state index contributed by atoms with van der Waals surface area (Å²) in [6.07, 6.45) is 6.69. The molecule has 0 bridgehead atoms. The maximum atomic E-state index is 13.3. The molecule has 1 atom stereocenters. The molecule has 8 nitrogen and oxygen atoms in total. The predicted molar refractivity (Wildman–Crippen MR) is 148 cm³/mol. The molecule has 1 aromatic heterocycles. The molecule has 0 radical (unpaired) electrons. The van der Waals surface area contributed by atoms with Gasteiger partial charge >= 0.3 is 5.97 Å². The van der Waals surface area contributed by atoms with E-state index in [9.17, 15) is 14.7 Å². The average molecular weight is 550 g/mol. The molecule has 1 aromatic carbocycles. The number of aryl methyl sites for hydroxylation is 1. The van der Waals surface area contributed by atoms with Gasteiger partial charge in [0.1, 0.15) is 11.4 Å². The van der Waals surface area contributed by atoms with Crippen molar-refractivity contribution in [3.63, 3.8) is 0 Å². The second-order valence-electron chi connectivity index (χ2n) is 10.2. The van der Waals surface area contributed by atoms with Crippen molar-refractivity contribution in [1.82, 2.24) is 15.5 Å². The zero-order valence-electron chi connectivity index (χ0n) is 22.2. The molecule has 1 aliphatic rings. The number of benzene rings is 1. The molecule has 0 saturated carbocycles. The molecule has 0 aliphatic carbocycles. The van der Waals surface area contributed by atoms with Gasteiger partial charge < -0.3 is 19.7 Å². The van der Waals surface area contributed by atoms with Gasteiger partial charge in [-0.2, -0.15) is 4.98 Å². The normalized spacial score (nSPS) is 15.0. The Morgan fingerprint density at radius 2 is 1.92 bits per heavy atom. The maximum absolute atomic E-state index is 13.3. The van der Waals surface area contributed by atoms with E-state index in [0.29, 0.717) is 23.7 Å². The van der Waals surface area contributed by atoms with E-state index >= 15 is 0 Å². The van der Waals surface area contributed by atoms with Gasteiger partial charge in [-0.05, 0) is 51.8 Å². The van der Waals surface area contributed by atoms with Crippen LogP contribution in [0.1, 0.15) is 111 Å². The standard InChI is InChI=1S/C27H39N3O5S2/c1-5-6-7-8-9-10-22-29-24(30-35-22)20(12-14-23(32)34-27(2,3)4)28-25(33)18-11-13-21(31)19(17-18)26-36-15-16-37-26/h11,13,17,20,26,31H,5-10,12,14-16H2,1-4H3,(H,28,33)/t20-/m0/s1. The van der Waals surface area contributed by atoms with Crippen LogP contribution in [-0.4, -0.2) is 44.2 Å². The quantitative estimate of drug-likeness (QED) is 0.217. The summed E-state index contributed by atoms with van der Waals surface area (Å²) in [5.74, 6) is 2.41. The van der Waals surface area contributed by atoms with Crippen molar-refractivity contribution < 1.29 is 24.0 Å². The van der Waals surface area contributed by atoms with Gasteiger partial charge in [-0.15, -0.1) is 23.5 Å². The monoisotopic (exact) mass is 549 g/mol. The summed E-state index contributed by atoms with van der Waals surface area (Å²) >= 11 is 3.51. The van der Waals surface area contributed by atoms with E-state index in [1.807, 2.05) is 20.8 Å². The van der Waals surface area contributed by atoms with Crippen molar-refractivity contribution in [2.24, 2.45) is 0 Å². The summed E-state index contributed by atoms with van der Waals surface area (Å²) in [6.45, 7) is 7.64. The minimum absolute atomic E-state index is 0.0965. The molecule has 0 unspecified atom stereocenters. The third-order valence-corrected chi connectivity index (χ3v) is 8.89. The molecule has 204 valence electrons. The number of phenolic OH excluding ortho intramolecular Hbond substituents is 1. The number of amides is 1. The first kappa shape index (κ1) is 29.4. The lowest BCUT2D eigenvalue weighted by Crippen LogP contribution is -2.31. The number of aromatic hydroxyl groups is 1. The van der Waals surface area contributed by atoms with Crippen LogP contribution >= 0.6 is 23.5 Å². The van der Waals surface area contributed by atoms with Crippen molar-refractivity contribution in [3.8, 4) is 5.75 Å². The predicted octanol–water partition coefficient (Wildman–Crippen LogP) is 6.36. The van der Waals surface area contributed by atoms with Crippen LogP contribution in [0.2, 0.25) is 0 Å². The number of nitrogens with one attached hydrogen (secondary N) is 1. The van der Waals surface area contributed by atoms with Crippen molar-refractivity contribution in [2.45, 2.75) is 95.3 Å². The molecule has 37 heavy (non-hydrogen) atoms. The van der Waals surface area contributed by atoms with E-state index in [1.54, 1.807) is 41.7 Å². The summed E-state index contributed by atoms with van der Waals surface area (Å²) in [5, 5.41) is 17.5. The van der Waals surface area contributed by atoms with Crippen molar-refractivity contribution in [3.05, 3.63) is 41.0 Å². The largest absolute Gasteiger partial charge is 0.508 e. The minimum atomic E-state index is -0.620. The number of nitrogens with zero attached hydrogens (tertiary/aromatic N) is 2. The van der Waals surface area contributed by atoms with E-state index in [4.69, 9.17) is 9.26 Å². The number of ether oxygens (including phenoxy) is 1. The van der Waals surface area contributed by atoms with Crippen LogP contribution in [0.3, 0.4) is 0 Å². The molecule has 2 N–H and O–H groups in total. The molecule has 1 saturated heterocycles. The van der Waals surface area contributed by atoms with E-state index < -0.39 is 11.6 Å². The van der Waals surface area contributed by atoms with Crippen LogP contribution in [-0.2, 0) is 16.0 Å². The molecule has 2 aromatic rings. The van der Waals surface area contributed by atoms with Gasteiger partial charge in [0.05, 0.1) is 10.6 Å². The number of carbonyl (C=O) groups excluding carboxylic acids is 2. The summed E-state index contributed by atoms with van der Waals surface area (Å²) in [6, 6.07) is 4.28. The molecule has 0 spiro atoms. The third-order valence-electron chi connectivity index (χ3n) is 5.82. The number of carbonyl (C=O) groups is 2. The van der Waals surface area contributed by atoms with Crippen LogP contribution in [0.15, 0.2) is 22.7 Å². The molecule has 1 aliphatic heterocycles. The molecule has 1 amide bonds. The number of unbranched alkanes of at least 4 members (excludes halogenated alkanes) is 4. The average Bonchev–Trinajstić information content (AvgIpc) is 3.53. The summed E-state index contributed by atoms with van der Waals surface area (Å²) in [7, 11) is 0. The molecule has 3 rings (SSSR count). The number of thioether (sulfide) groups is 2. The highest BCUT2D eigenvalue weighted by atomic mass is 32.2. The first-order valence-electron chi connectivity index (χ1n) is 13.1. The molecule has 10 heteroatoms. The van der Waals surface area contributed by atoms with E-state index in [-0.39, 0.29) is 35.0 Å². The van der Waals surface area contributed by atoms with E-state index in [1.165, 1.54) is 19.3 Å². The lowest BCUT2D eigenvalue weighted by Gasteiger charge is -2.21. The van der Waals surface area contributed by atoms with Crippen molar-refractivity contribution in [2.75, 3.05) is 11.5 Å². The van der Waals surface area contributed by atoms with E-state index in [0.717, 1.165) is 29.9 Å². The number of rotatable bonds is 13. The molecule has 2 heterocycles. The van der Waals surface area contributed by atoms with Gasteiger partial charge in [0.15, 0.2) is 5.82 Å². The smallest absolute Gasteiger partial charge is 0.306 e. The lowest BCUT2D eigenvalue weighted by molar-refractivity contribution is -0.155. The molecular formula is C27H39N3O5S2. The summed E-state index contributed by atoms with van der Waals surface area (Å²) in [5.41, 5.74) is 0.587. The lowest BCUT2D eigenvalue weighted by atomic mass is 10.1. The van der Waals surface area contributed by atoms with Gasteiger partial charge in [0.2, 0.25) is 5.89 Å². The van der Waals surface area contributed by atoms with Crippen LogP contribution in [0, 0.1) is 0 Å². The molecular weight excluding hydrogens is 510 g/mol. The topological polar surface area (TPSA) is 115 Å². The summed E-state index contributed by atoms with van der Waals surface area (Å²) in [4.78, 5) is 30.2. The Morgan fingerprint density at radius 3 is 2.62 bits per heavy atom. The van der Waals surface area contributed by atoms with Gasteiger partial charge in [-0.3, -0.25) is 9.59 Å². The first-order valence-corrected chi connectivity index (χ1v) is 15.2. The van der Waals surface area contributed by atoms with Gasteiger partial charge in [-0.1, -0.05) is 37.8 Å². The fourth-order valence-corrected chi connectivity index (χ4v) is 6.87. The van der Waals surface area contributed by atoms with Crippen LogP contribution in [0.5, 0.6) is 5.75 Å². The fraction of sp³-hybridized carbons (Fsp3) is 0.630. The Morgan fingerprint density at radius 1 is 1.19 bits per heavy atom. The van der Waals surface area contributed by atoms with Crippen molar-refractivity contribution >= 4 is 35.4 Å². The van der Waals surface area contributed by atoms with E-state index in [2.05, 4.69) is 22.4 Å². The highest BCUT2D eigenvalue weighted by Crippen LogP contribution is 2.48. The number of esters is 1. The Balaban J connectivity index is 1.71. The van der Waals surface area contributed by atoms with Gasteiger partial charge in [-0.25, -0.2) is 0 Å². The summed E-state index contributed by atoms with van der Waals surface area (Å²) < 4.78 is 11.0. The second kappa shape index (κ2) is 14.1. The van der Waals surface area contributed by atoms with Crippen LogP contribution in [0.25, 0.3) is 0 Å². The van der Waals surface area contributed by atoms with Crippen LogP contribution < -0.4 is 5.32 Å². The van der Waals surface area contributed by atoms with Gasteiger partial charge in [0, 0.05) is 35.5 Å². The van der Waals surface area contributed by atoms with Gasteiger partial charge in [0.25, 0.3) is 5.91 Å². The van der Waals surface area contributed by atoms with Crippen molar-refractivity contribution in [1.29, 1.82) is 0 Å². The first-order chi connectivity index (χ1) is 17.7. The highest BCUT2D eigenvalue weighted by Gasteiger charge is 2.26.